The van der Waals surface area contributed by atoms with Gasteiger partial charge in [-0.1, -0.05) is 19.1 Å². The lowest BCUT2D eigenvalue weighted by molar-refractivity contribution is -0.126. The number of hydrogen-bond acceptors (Lipinski definition) is 5. The van der Waals surface area contributed by atoms with Crippen molar-refractivity contribution in [2.45, 2.75) is 39.5 Å². The number of rotatable bonds is 5. The van der Waals surface area contributed by atoms with Gasteiger partial charge in [-0.3, -0.25) is 4.90 Å². The van der Waals surface area contributed by atoms with E-state index in [9.17, 15) is 10.2 Å². The molecule has 0 spiro atoms. The van der Waals surface area contributed by atoms with Crippen LogP contribution >= 0.6 is 0 Å². The number of fused-ring (bicyclic) bond motifs is 1. The molecule has 2 heterocycles. The molecule has 24 heavy (non-hydrogen) atoms. The summed E-state index contributed by atoms with van der Waals surface area (Å²) in [5.74, 6) is 0.879. The molecule has 0 amide bonds. The van der Waals surface area contributed by atoms with Gasteiger partial charge in [0.1, 0.15) is 17.4 Å². The van der Waals surface area contributed by atoms with Crippen LogP contribution in [0.5, 0.6) is 0 Å². The summed E-state index contributed by atoms with van der Waals surface area (Å²) < 4.78 is 11.4. The molecular weight excluding hydrogens is 306 g/mol. The molecule has 0 aliphatic carbocycles. The van der Waals surface area contributed by atoms with Gasteiger partial charge in [-0.15, -0.1) is 0 Å². The maximum absolute atomic E-state index is 10.2. The topological polar surface area (TPSA) is 66.1 Å². The standard InChI is InChI=1S/C19H27NO4/c1-4-20(8-14-10-23-11-16(21)19(14)22)9-18-13(3)15-6-5-12(2)7-17(15)24-18/h5-7,14,16,19,21-22H,4,8-11H2,1-3H3/t14-,16-,19+/m1/s1. The van der Waals surface area contributed by atoms with Gasteiger partial charge in [-0.2, -0.15) is 0 Å². The number of aryl methyl sites for hydroxylation is 2. The molecule has 1 aliphatic rings. The number of aliphatic hydroxyl groups excluding tert-OH is 2. The Hall–Kier alpha value is -1.40. The minimum atomic E-state index is -0.793. The summed E-state index contributed by atoms with van der Waals surface area (Å²) in [4.78, 5) is 2.23. The fourth-order valence-electron chi connectivity index (χ4n) is 3.39. The van der Waals surface area contributed by atoms with Gasteiger partial charge in [0.25, 0.3) is 0 Å². The van der Waals surface area contributed by atoms with Crippen molar-refractivity contribution in [2.75, 3.05) is 26.3 Å². The summed E-state index contributed by atoms with van der Waals surface area (Å²) in [6, 6.07) is 6.28. The summed E-state index contributed by atoms with van der Waals surface area (Å²) in [7, 11) is 0. The van der Waals surface area contributed by atoms with Crippen LogP contribution in [-0.2, 0) is 11.3 Å². The first kappa shape index (κ1) is 17.4. The van der Waals surface area contributed by atoms with Gasteiger partial charge in [0.05, 0.1) is 25.9 Å². The van der Waals surface area contributed by atoms with Crippen LogP contribution in [0.15, 0.2) is 22.6 Å². The summed E-state index contributed by atoms with van der Waals surface area (Å²) in [5.41, 5.74) is 3.28. The zero-order chi connectivity index (χ0) is 17.3. The van der Waals surface area contributed by atoms with Crippen molar-refractivity contribution in [3.05, 3.63) is 35.1 Å². The maximum Gasteiger partial charge on any atom is 0.134 e. The number of ether oxygens (including phenoxy) is 1. The highest BCUT2D eigenvalue weighted by molar-refractivity contribution is 5.82. The molecule has 132 valence electrons. The molecule has 5 heteroatoms. The van der Waals surface area contributed by atoms with Crippen LogP contribution in [-0.4, -0.2) is 53.6 Å². The smallest absolute Gasteiger partial charge is 0.134 e. The predicted octanol–water partition coefficient (Wildman–Crippen LogP) is 2.24. The fraction of sp³-hybridized carbons (Fsp3) is 0.579. The molecule has 1 aliphatic heterocycles. The number of aliphatic hydroxyl groups is 2. The Balaban J connectivity index is 1.74. The highest BCUT2D eigenvalue weighted by Crippen LogP contribution is 2.27. The Morgan fingerprint density at radius 2 is 2.00 bits per heavy atom. The molecule has 0 radical (unpaired) electrons. The third-order valence-electron chi connectivity index (χ3n) is 5.00. The normalized spacial score (nSPS) is 24.8. The first-order valence-corrected chi connectivity index (χ1v) is 8.64. The molecule has 3 atom stereocenters. The molecule has 2 aromatic rings. The van der Waals surface area contributed by atoms with E-state index in [1.54, 1.807) is 0 Å². The predicted molar refractivity (Wildman–Crippen MR) is 93.0 cm³/mol. The van der Waals surface area contributed by atoms with Crippen LogP contribution in [0.2, 0.25) is 0 Å². The van der Waals surface area contributed by atoms with Gasteiger partial charge in [0.2, 0.25) is 0 Å². The van der Waals surface area contributed by atoms with Crippen molar-refractivity contribution >= 4 is 11.0 Å². The van der Waals surface area contributed by atoms with Crippen molar-refractivity contribution < 1.29 is 19.4 Å². The molecule has 2 N–H and O–H groups in total. The van der Waals surface area contributed by atoms with E-state index in [0.29, 0.717) is 19.7 Å². The minimum Gasteiger partial charge on any atom is -0.459 e. The Morgan fingerprint density at radius 1 is 1.21 bits per heavy atom. The van der Waals surface area contributed by atoms with E-state index in [4.69, 9.17) is 9.15 Å². The molecule has 0 saturated carbocycles. The third kappa shape index (κ3) is 3.49. The second-order valence-corrected chi connectivity index (χ2v) is 6.83. The molecule has 0 unspecified atom stereocenters. The first-order chi connectivity index (χ1) is 11.5. The lowest BCUT2D eigenvalue weighted by atomic mass is 9.96. The SMILES string of the molecule is CCN(Cc1oc2cc(C)ccc2c1C)C[C@@H]1COC[C@@H](O)[C@H]1O. The quantitative estimate of drug-likeness (QED) is 0.878. The van der Waals surface area contributed by atoms with Gasteiger partial charge in [0.15, 0.2) is 0 Å². The Kier molecular flexibility index (Phi) is 5.25. The Bertz CT molecular complexity index is 696. The highest BCUT2D eigenvalue weighted by Gasteiger charge is 2.32. The first-order valence-electron chi connectivity index (χ1n) is 8.64. The van der Waals surface area contributed by atoms with E-state index >= 15 is 0 Å². The molecule has 1 fully saturated rings. The minimum absolute atomic E-state index is 0.0828. The summed E-state index contributed by atoms with van der Waals surface area (Å²) in [5, 5.41) is 21.1. The molecular formula is C19H27NO4. The van der Waals surface area contributed by atoms with Gasteiger partial charge in [-0.05, 0) is 37.6 Å². The van der Waals surface area contributed by atoms with Gasteiger partial charge >= 0.3 is 0 Å². The van der Waals surface area contributed by atoms with Gasteiger partial charge < -0.3 is 19.4 Å². The number of furan rings is 1. The van der Waals surface area contributed by atoms with E-state index in [0.717, 1.165) is 23.3 Å². The largest absolute Gasteiger partial charge is 0.459 e. The monoisotopic (exact) mass is 333 g/mol. The van der Waals surface area contributed by atoms with E-state index in [-0.39, 0.29) is 12.5 Å². The van der Waals surface area contributed by atoms with Crippen LogP contribution in [0.1, 0.15) is 23.8 Å². The van der Waals surface area contributed by atoms with Crippen LogP contribution < -0.4 is 0 Å². The second kappa shape index (κ2) is 7.23. The molecule has 1 aromatic carbocycles. The average Bonchev–Trinajstić information content (AvgIpc) is 2.86. The molecule has 0 bridgehead atoms. The van der Waals surface area contributed by atoms with Crippen molar-refractivity contribution in [3.8, 4) is 0 Å². The second-order valence-electron chi connectivity index (χ2n) is 6.83. The number of benzene rings is 1. The average molecular weight is 333 g/mol. The molecule has 1 aromatic heterocycles. The maximum atomic E-state index is 10.2. The zero-order valence-electron chi connectivity index (χ0n) is 14.7. The Labute approximate surface area is 142 Å². The third-order valence-corrected chi connectivity index (χ3v) is 5.00. The van der Waals surface area contributed by atoms with Crippen molar-refractivity contribution in [1.29, 1.82) is 0 Å². The fourth-order valence-corrected chi connectivity index (χ4v) is 3.39. The van der Waals surface area contributed by atoms with Crippen molar-refractivity contribution in [2.24, 2.45) is 5.92 Å². The van der Waals surface area contributed by atoms with E-state index < -0.39 is 12.2 Å². The summed E-state index contributed by atoms with van der Waals surface area (Å²) in [6.45, 7) is 9.14. The Morgan fingerprint density at radius 3 is 2.75 bits per heavy atom. The van der Waals surface area contributed by atoms with Gasteiger partial charge in [0, 0.05) is 17.8 Å². The van der Waals surface area contributed by atoms with Crippen LogP contribution in [0.25, 0.3) is 11.0 Å². The highest BCUT2D eigenvalue weighted by atomic mass is 16.5. The van der Waals surface area contributed by atoms with E-state index in [2.05, 4.69) is 43.9 Å². The van der Waals surface area contributed by atoms with Crippen molar-refractivity contribution in [1.82, 2.24) is 4.90 Å². The lowest BCUT2D eigenvalue weighted by Crippen LogP contribution is -2.48. The zero-order valence-corrected chi connectivity index (χ0v) is 14.7. The van der Waals surface area contributed by atoms with Crippen LogP contribution in [0, 0.1) is 19.8 Å². The molecule has 1 saturated heterocycles. The lowest BCUT2D eigenvalue weighted by Gasteiger charge is -2.35. The van der Waals surface area contributed by atoms with Crippen LogP contribution in [0.3, 0.4) is 0 Å². The van der Waals surface area contributed by atoms with E-state index in [1.165, 1.54) is 11.1 Å². The summed E-state index contributed by atoms with van der Waals surface area (Å²) in [6.07, 6.45) is -1.52. The van der Waals surface area contributed by atoms with Crippen LogP contribution in [0.4, 0.5) is 0 Å². The molecule has 3 rings (SSSR count). The van der Waals surface area contributed by atoms with Crippen molar-refractivity contribution in [3.63, 3.8) is 0 Å². The number of hydrogen-bond donors (Lipinski definition) is 2. The van der Waals surface area contributed by atoms with Gasteiger partial charge in [-0.25, -0.2) is 0 Å². The number of nitrogens with zero attached hydrogens (tertiary/aromatic N) is 1. The van der Waals surface area contributed by atoms with E-state index in [1.807, 2.05) is 0 Å². The molecule has 5 nitrogen and oxygen atoms in total. The summed E-state index contributed by atoms with van der Waals surface area (Å²) >= 11 is 0.